The van der Waals surface area contributed by atoms with Gasteiger partial charge in [0.1, 0.15) is 30.8 Å². The Morgan fingerprint density at radius 1 is 1.07 bits per heavy atom. The van der Waals surface area contributed by atoms with Crippen LogP contribution in [-0.2, 0) is 16.1 Å². The quantitative estimate of drug-likeness (QED) is 0.298. The van der Waals surface area contributed by atoms with Crippen molar-refractivity contribution in [3.05, 3.63) is 54.1 Å². The van der Waals surface area contributed by atoms with Gasteiger partial charge in [-0.2, -0.15) is 0 Å². The molecule has 1 atom stereocenters. The minimum atomic E-state index is -0.650. The molecule has 0 aliphatic rings. The lowest BCUT2D eigenvalue weighted by Gasteiger charge is -2.14. The number of hydrogen-bond acceptors (Lipinski definition) is 6. The Morgan fingerprint density at radius 3 is 2.38 bits per heavy atom. The smallest absolute Gasteiger partial charge is 0.221 e. The lowest BCUT2D eigenvalue weighted by molar-refractivity contribution is -0.114. The maximum atomic E-state index is 11.0. The van der Waals surface area contributed by atoms with E-state index in [0.29, 0.717) is 44.2 Å². The SMILES string of the molecule is CC(=O)Nc1ccc(OCCNCC(O)COc2ccc(CNC=O)cc2)cc1. The first kappa shape index (κ1) is 22.2. The highest BCUT2D eigenvalue weighted by Crippen LogP contribution is 2.15. The van der Waals surface area contributed by atoms with E-state index in [4.69, 9.17) is 9.47 Å². The summed E-state index contributed by atoms with van der Waals surface area (Å²) < 4.78 is 11.2. The molecule has 0 radical (unpaired) electrons. The molecule has 0 fully saturated rings. The lowest BCUT2D eigenvalue weighted by Crippen LogP contribution is -2.33. The van der Waals surface area contributed by atoms with Gasteiger partial charge in [-0.05, 0) is 42.0 Å². The second-order valence-corrected chi connectivity index (χ2v) is 6.37. The van der Waals surface area contributed by atoms with Crippen molar-refractivity contribution < 1.29 is 24.2 Å². The minimum absolute atomic E-state index is 0.116. The maximum absolute atomic E-state index is 11.0. The monoisotopic (exact) mass is 401 g/mol. The third kappa shape index (κ3) is 9.09. The van der Waals surface area contributed by atoms with Crippen molar-refractivity contribution in [3.63, 3.8) is 0 Å². The van der Waals surface area contributed by atoms with Crippen molar-refractivity contribution in [2.24, 2.45) is 0 Å². The highest BCUT2D eigenvalue weighted by molar-refractivity contribution is 5.88. The summed E-state index contributed by atoms with van der Waals surface area (Å²) in [7, 11) is 0. The van der Waals surface area contributed by atoms with Crippen LogP contribution in [0.4, 0.5) is 5.69 Å². The number of aliphatic hydroxyl groups is 1. The van der Waals surface area contributed by atoms with Gasteiger partial charge in [0.15, 0.2) is 0 Å². The van der Waals surface area contributed by atoms with Crippen LogP contribution in [0.15, 0.2) is 48.5 Å². The number of nitrogens with one attached hydrogen (secondary N) is 3. The Morgan fingerprint density at radius 2 is 1.72 bits per heavy atom. The Bertz CT molecular complexity index is 750. The standard InChI is InChI=1S/C21H27N3O5/c1-16(26)24-18-4-8-20(9-5-18)28-11-10-22-13-19(27)14-29-21-6-2-17(3-7-21)12-23-15-25/h2-9,15,19,22,27H,10-14H2,1H3,(H,23,25)(H,24,26). The topological polar surface area (TPSA) is 109 Å². The normalized spacial score (nSPS) is 11.4. The van der Waals surface area contributed by atoms with E-state index in [1.54, 1.807) is 36.4 Å². The van der Waals surface area contributed by atoms with Gasteiger partial charge in [-0.15, -0.1) is 0 Å². The van der Waals surface area contributed by atoms with E-state index in [1.807, 2.05) is 12.1 Å². The zero-order valence-electron chi connectivity index (χ0n) is 16.4. The van der Waals surface area contributed by atoms with E-state index in [1.165, 1.54) is 6.92 Å². The molecule has 4 N–H and O–H groups in total. The van der Waals surface area contributed by atoms with Gasteiger partial charge < -0.3 is 30.5 Å². The Hall–Kier alpha value is -3.10. The molecular weight excluding hydrogens is 374 g/mol. The van der Waals surface area contributed by atoms with Gasteiger partial charge in [-0.3, -0.25) is 9.59 Å². The highest BCUT2D eigenvalue weighted by Gasteiger charge is 2.05. The summed E-state index contributed by atoms with van der Waals surface area (Å²) in [6.07, 6.45) is 0.00576. The van der Waals surface area contributed by atoms with E-state index in [0.717, 1.165) is 11.3 Å². The number of aliphatic hydroxyl groups excluding tert-OH is 1. The van der Waals surface area contributed by atoms with Crippen LogP contribution < -0.4 is 25.4 Å². The number of amides is 2. The minimum Gasteiger partial charge on any atom is -0.492 e. The van der Waals surface area contributed by atoms with E-state index in [-0.39, 0.29) is 12.5 Å². The number of benzene rings is 2. The molecule has 29 heavy (non-hydrogen) atoms. The summed E-state index contributed by atoms with van der Waals surface area (Å²) in [6.45, 7) is 3.50. The zero-order valence-corrected chi connectivity index (χ0v) is 16.4. The van der Waals surface area contributed by atoms with Gasteiger partial charge in [-0.1, -0.05) is 12.1 Å². The largest absolute Gasteiger partial charge is 0.492 e. The number of anilines is 1. The Labute approximate surface area is 170 Å². The number of hydrogen-bond donors (Lipinski definition) is 4. The molecule has 2 amide bonds. The molecule has 2 aromatic rings. The van der Waals surface area contributed by atoms with Crippen molar-refractivity contribution in [2.75, 3.05) is 31.6 Å². The van der Waals surface area contributed by atoms with E-state index in [2.05, 4.69) is 16.0 Å². The number of carbonyl (C=O) groups is 2. The Kier molecular flexibility index (Phi) is 9.47. The summed E-state index contributed by atoms with van der Waals surface area (Å²) in [4.78, 5) is 21.3. The van der Waals surface area contributed by atoms with E-state index >= 15 is 0 Å². The predicted octanol–water partition coefficient (Wildman–Crippen LogP) is 1.30. The zero-order chi connectivity index (χ0) is 20.9. The molecule has 0 saturated carbocycles. The molecule has 0 saturated heterocycles. The molecule has 8 nitrogen and oxygen atoms in total. The maximum Gasteiger partial charge on any atom is 0.221 e. The summed E-state index contributed by atoms with van der Waals surface area (Å²) in [5, 5.41) is 18.4. The van der Waals surface area contributed by atoms with Gasteiger partial charge >= 0.3 is 0 Å². The molecule has 0 heterocycles. The summed E-state index contributed by atoms with van der Waals surface area (Å²) in [6, 6.07) is 14.4. The molecule has 2 rings (SSSR count). The number of rotatable bonds is 13. The third-order valence-electron chi connectivity index (χ3n) is 3.86. The van der Waals surface area contributed by atoms with Gasteiger partial charge in [0.25, 0.3) is 0 Å². The Balaban J connectivity index is 1.57. The first-order valence-electron chi connectivity index (χ1n) is 9.35. The second-order valence-electron chi connectivity index (χ2n) is 6.37. The van der Waals surface area contributed by atoms with Crippen LogP contribution in [0.1, 0.15) is 12.5 Å². The van der Waals surface area contributed by atoms with Crippen molar-refractivity contribution in [1.29, 1.82) is 0 Å². The molecule has 0 bridgehead atoms. The molecule has 0 aliphatic heterocycles. The fourth-order valence-corrected chi connectivity index (χ4v) is 2.46. The van der Waals surface area contributed by atoms with Crippen molar-refractivity contribution >= 4 is 18.0 Å². The lowest BCUT2D eigenvalue weighted by atomic mass is 10.2. The van der Waals surface area contributed by atoms with Crippen LogP contribution in [0.5, 0.6) is 11.5 Å². The molecule has 0 spiro atoms. The highest BCUT2D eigenvalue weighted by atomic mass is 16.5. The summed E-state index contributed by atoms with van der Waals surface area (Å²) in [5.74, 6) is 1.25. The fraction of sp³-hybridized carbons (Fsp3) is 0.333. The average Bonchev–Trinajstić information content (AvgIpc) is 2.72. The van der Waals surface area contributed by atoms with Crippen LogP contribution in [0, 0.1) is 0 Å². The number of carbonyl (C=O) groups excluding carboxylic acids is 2. The van der Waals surface area contributed by atoms with Crippen LogP contribution in [0.25, 0.3) is 0 Å². The average molecular weight is 401 g/mol. The molecule has 0 aromatic heterocycles. The van der Waals surface area contributed by atoms with E-state index in [9.17, 15) is 14.7 Å². The summed E-state index contributed by atoms with van der Waals surface area (Å²) >= 11 is 0. The summed E-state index contributed by atoms with van der Waals surface area (Å²) in [5.41, 5.74) is 1.69. The second kappa shape index (κ2) is 12.4. The van der Waals surface area contributed by atoms with Crippen LogP contribution in [0.2, 0.25) is 0 Å². The van der Waals surface area contributed by atoms with Gasteiger partial charge in [-0.25, -0.2) is 0 Å². The van der Waals surface area contributed by atoms with Crippen molar-refractivity contribution in [1.82, 2.24) is 10.6 Å². The molecule has 1 unspecified atom stereocenters. The molecule has 156 valence electrons. The predicted molar refractivity (Wildman–Crippen MR) is 110 cm³/mol. The molecule has 8 heteroatoms. The third-order valence-corrected chi connectivity index (χ3v) is 3.86. The van der Waals surface area contributed by atoms with Crippen molar-refractivity contribution in [2.45, 2.75) is 19.6 Å². The molecular formula is C21H27N3O5. The van der Waals surface area contributed by atoms with Crippen molar-refractivity contribution in [3.8, 4) is 11.5 Å². The van der Waals surface area contributed by atoms with E-state index < -0.39 is 6.10 Å². The van der Waals surface area contributed by atoms with Gasteiger partial charge in [0.2, 0.25) is 12.3 Å². The number of ether oxygens (including phenoxy) is 2. The molecule has 2 aromatic carbocycles. The van der Waals surface area contributed by atoms with Gasteiger partial charge in [0.05, 0.1) is 0 Å². The van der Waals surface area contributed by atoms with Crippen LogP contribution in [0.3, 0.4) is 0 Å². The fourth-order valence-electron chi connectivity index (χ4n) is 2.46. The molecule has 0 aliphatic carbocycles. The van der Waals surface area contributed by atoms with Crippen LogP contribution in [-0.4, -0.2) is 49.8 Å². The first-order valence-corrected chi connectivity index (χ1v) is 9.35. The first-order chi connectivity index (χ1) is 14.1. The van der Waals surface area contributed by atoms with Crippen LogP contribution >= 0.6 is 0 Å². The van der Waals surface area contributed by atoms with Gasteiger partial charge in [0, 0.05) is 32.2 Å².